The Morgan fingerprint density at radius 1 is 0.184 bits per heavy atom. The van der Waals surface area contributed by atoms with Gasteiger partial charge in [-0.3, -0.25) is 0 Å². The van der Waals surface area contributed by atoms with Crippen LogP contribution in [0.2, 0.25) is 0 Å². The van der Waals surface area contributed by atoms with Crippen LogP contribution in [-0.2, 0) is 0 Å². The van der Waals surface area contributed by atoms with Gasteiger partial charge in [-0.05, 0) is 134 Å². The van der Waals surface area contributed by atoms with Crippen LogP contribution in [0.4, 0.5) is 45.5 Å². The van der Waals surface area contributed by atoms with Crippen LogP contribution in [0.1, 0.15) is 411 Å². The molecule has 12 aromatic rings. The smallest absolute Gasteiger partial charge is 0.126 e. The Labute approximate surface area is 881 Å². The van der Waals surface area contributed by atoms with Gasteiger partial charge >= 0.3 is 18.3 Å². The molecule has 2 aliphatic carbocycles. The van der Waals surface area contributed by atoms with Crippen molar-refractivity contribution in [3.63, 3.8) is 0 Å². The van der Waals surface area contributed by atoms with Crippen LogP contribution >= 0.6 is 63.7 Å². The summed E-state index contributed by atoms with van der Waals surface area (Å²) in [6, 6.07) is 81.5. The van der Waals surface area contributed by atoms with Crippen molar-refractivity contribution in [3.8, 4) is 0 Å². The monoisotopic (exact) mass is 2140 g/mol. The van der Waals surface area contributed by atoms with E-state index in [-0.39, 0.29) is 18.8 Å². The molecule has 141 heavy (non-hydrogen) atoms. The van der Waals surface area contributed by atoms with Gasteiger partial charge in [0.1, 0.15) is 0 Å². The Balaban J connectivity index is 0.000000150. The Kier molecular flexibility index (Phi) is 31.3. The molecule has 0 bridgehead atoms. The summed E-state index contributed by atoms with van der Waals surface area (Å²) in [5.74, 6) is 5.07. The van der Waals surface area contributed by atoms with Gasteiger partial charge in [-0.25, -0.2) is 0 Å². The minimum absolute atomic E-state index is 0. The van der Waals surface area contributed by atoms with Crippen LogP contribution in [0.3, 0.4) is 0 Å². The van der Waals surface area contributed by atoms with Crippen molar-refractivity contribution in [2.75, 3.05) is 0 Å². The standard InChI is InChI=1S/C37H42N2.C35H36Br2N2.C29H42N2.C27H36Br2N2.CH4/c1-22(2)27-17-10-14-25(7)33(27)38-35-30-20-11-15-26-16-12-21-31(32(26)30)36(35)39(37(38,8)9)34-28(23(3)4)18-13-19-29(34)24(5)6;1-20(2)25-15-8-12-23(7)31(25)38-33-28-18-9-13-24-14-10-19-29(30(24)28)34(33)39(35(38,36)37)32-26(21(3)4)16-11-17-27(32)22(5)6;1-18(2)24-15-12-14-21(7)27(24)30-22(8)23(9)31(29(30,10)11)28-25(19(3)4)16-13-17-26(28)20(5)6;1-16(2)22-13-10-12-19(7)25(22)30-20(8)21(9)31(27(30,28)29)26-23(17(3)4)14-11-15-24(26)18(5)6;/h10-24H,1-9H3;8-22H,1-7H3;12-20H,1-11H3;10-18H,1-9H3;1H4/q4*+2;. The molecule has 12 heteroatoms. The molecular weight excluding hydrogens is 1980 g/mol. The maximum atomic E-state index is 4.32. The minimum atomic E-state index is -0.704. The van der Waals surface area contributed by atoms with Crippen molar-refractivity contribution in [2.45, 2.75) is 346 Å². The number of rotatable bonds is 20. The summed E-state index contributed by atoms with van der Waals surface area (Å²) < 4.78 is 19.2. The lowest BCUT2D eigenvalue weighted by molar-refractivity contribution is -0.741. The summed E-state index contributed by atoms with van der Waals surface area (Å²) in [7, 11) is 0. The highest BCUT2D eigenvalue weighted by atomic mass is 79.9. The van der Waals surface area contributed by atoms with Gasteiger partial charge in [-0.2, -0.15) is 0 Å². The molecule has 0 radical (unpaired) electrons. The van der Waals surface area contributed by atoms with Gasteiger partial charge in [0, 0.05) is 127 Å². The second-order valence-corrected chi connectivity index (χ2v) is 51.4. The zero-order valence-electron chi connectivity index (χ0n) is 90.8. The number of nitrogens with zero attached hydrogens (tertiary/aromatic N) is 8. The van der Waals surface area contributed by atoms with Crippen LogP contribution in [0.15, 0.2) is 218 Å². The number of fused-ring (bicyclic) bond motifs is 6. The molecule has 0 atom stereocenters. The minimum Gasteiger partial charge on any atom is -0.126 e. The third kappa shape index (κ3) is 18.4. The van der Waals surface area contributed by atoms with Gasteiger partial charge in [-0.15, -0.1) is 36.6 Å². The highest BCUT2D eigenvalue weighted by molar-refractivity contribution is 9.25. The summed E-state index contributed by atoms with van der Waals surface area (Å²) in [5.41, 5.74) is 47.6. The molecule has 4 heterocycles. The third-order valence-corrected chi connectivity index (χ3v) is 33.4. The molecule has 0 aromatic heterocycles. The number of benzene rings is 12. The molecule has 0 fully saturated rings. The molecule has 0 saturated heterocycles. The Bertz CT molecular complexity index is 6720. The summed E-state index contributed by atoms with van der Waals surface area (Å²) in [6.07, 6.45) is 0. The van der Waals surface area contributed by atoms with E-state index in [4.69, 9.17) is 0 Å². The van der Waals surface area contributed by atoms with Gasteiger partial charge in [0.15, 0.2) is 0 Å². The molecule has 0 saturated carbocycles. The predicted molar refractivity (Wildman–Crippen MR) is 622 cm³/mol. The fraction of sp³-hybridized carbons (Fsp3) is 0.411. The van der Waals surface area contributed by atoms with Gasteiger partial charge < -0.3 is 0 Å². The zero-order valence-corrected chi connectivity index (χ0v) is 97.1. The molecule has 0 N–H and O–H groups in total. The second-order valence-electron chi connectivity index (χ2n) is 44.9. The zero-order chi connectivity index (χ0) is 102. The largest absolute Gasteiger partial charge is 0.473 e. The molecule has 0 unspecified atom stereocenters. The maximum absolute atomic E-state index is 4.32. The van der Waals surface area contributed by atoms with E-state index < -0.39 is 6.96 Å². The highest BCUT2D eigenvalue weighted by Gasteiger charge is 2.67. The number of halogens is 4. The fourth-order valence-corrected chi connectivity index (χ4v) is 26.8. The van der Waals surface area contributed by atoms with Gasteiger partial charge in [0.2, 0.25) is 45.5 Å². The second kappa shape index (κ2) is 41.2. The molecule has 8 nitrogen and oxygen atoms in total. The Hall–Kier alpha value is -9.56. The van der Waals surface area contributed by atoms with E-state index in [1.54, 1.807) is 0 Å². The van der Waals surface area contributed by atoms with Crippen LogP contribution in [-0.4, -0.2) is 101 Å². The van der Waals surface area contributed by atoms with E-state index in [0.29, 0.717) is 71.0 Å². The average Bonchev–Trinajstić information content (AvgIpc) is 1.51. The lowest BCUT2D eigenvalue weighted by Crippen LogP contribution is -2.41. The van der Waals surface area contributed by atoms with Gasteiger partial charge in [0.05, 0.1) is 114 Å². The number of hydrogen-bond acceptors (Lipinski definition) is 0. The quantitative estimate of drug-likeness (QED) is 0.0413. The van der Waals surface area contributed by atoms with E-state index in [1.807, 2.05) is 0 Å². The first-order chi connectivity index (χ1) is 65.9. The van der Waals surface area contributed by atoms with Gasteiger partial charge in [0.25, 0.3) is 45.7 Å². The summed E-state index contributed by atoms with van der Waals surface area (Å²) in [4.78, 5) is 0. The lowest BCUT2D eigenvalue weighted by atomic mass is 9.91. The summed E-state index contributed by atoms with van der Waals surface area (Å²) in [6.45, 7) is 83.0. The van der Waals surface area contributed by atoms with Crippen molar-refractivity contribution < 1.29 is 36.6 Å². The van der Waals surface area contributed by atoms with Crippen molar-refractivity contribution in [1.82, 2.24) is 0 Å². The number of alkyl halides is 4. The van der Waals surface area contributed by atoms with Crippen LogP contribution < -0.4 is 0 Å². The predicted octanol–water partition coefficient (Wildman–Crippen LogP) is 37.1. The number of para-hydroxylation sites is 8. The van der Waals surface area contributed by atoms with E-state index in [1.165, 1.54) is 224 Å². The molecular formula is C129H160Br4N8+8. The normalized spacial score (nSPS) is 16.1. The maximum Gasteiger partial charge on any atom is 0.473 e. The fourth-order valence-electron chi connectivity index (χ4n) is 23.6. The van der Waals surface area contributed by atoms with Crippen molar-refractivity contribution in [3.05, 3.63) is 330 Å². The SMILES string of the molecule is C.CC1=[N+](c2c(C)cccc2C(C)C)C(Br)(Br)[N+](c2c(C(C)C)cccc2C(C)C)=C1C.CC1=[N+](c2c(C)cccc2C(C)C)C(C)(C)[N+](c2c(C(C)C)cccc2C(C)C)=C1C.Cc1cccc(C(C)C)c1[N+]1=C2C(=[N+](c3c(C(C)C)cccc3C(C)C)C1(Br)Br)c1cccc3cccc2c13.Cc1cccc(C(C)C)c1[N+]1=C2C(=[N+](c3c(C(C)C)cccc3C(C)C)C1(C)C)c1cccc3cccc2c13. The van der Waals surface area contributed by atoms with E-state index >= 15 is 0 Å². The van der Waals surface area contributed by atoms with E-state index in [9.17, 15) is 0 Å². The molecule has 4 aliphatic heterocycles. The summed E-state index contributed by atoms with van der Waals surface area (Å²) in [5, 5.41) is 5.31. The van der Waals surface area contributed by atoms with Crippen LogP contribution in [0.5, 0.6) is 0 Å². The topological polar surface area (TPSA) is 24.1 Å². The number of hydrogen-bond donors (Lipinski definition) is 0. The first-order valence-corrected chi connectivity index (χ1v) is 55.0. The molecule has 0 amide bonds. The highest BCUT2D eigenvalue weighted by Crippen LogP contribution is 2.56. The lowest BCUT2D eigenvalue weighted by Gasteiger charge is -2.24. The van der Waals surface area contributed by atoms with E-state index in [0.717, 1.165) is 0 Å². The van der Waals surface area contributed by atoms with Crippen molar-refractivity contribution in [2.24, 2.45) is 0 Å². The summed E-state index contributed by atoms with van der Waals surface area (Å²) >= 11 is 16.9. The van der Waals surface area contributed by atoms with Crippen LogP contribution in [0, 0.1) is 27.7 Å². The molecule has 0 spiro atoms. The van der Waals surface area contributed by atoms with Crippen molar-refractivity contribution >= 4 is 176 Å². The molecule has 6 aliphatic rings. The van der Waals surface area contributed by atoms with Crippen molar-refractivity contribution in [1.29, 1.82) is 0 Å². The Morgan fingerprint density at radius 3 is 0.596 bits per heavy atom. The Morgan fingerprint density at radius 2 is 0.333 bits per heavy atom. The number of aryl methyl sites for hydroxylation is 4. The third-order valence-electron chi connectivity index (χ3n) is 30.5. The first kappa shape index (κ1) is 107. The van der Waals surface area contributed by atoms with E-state index in [2.05, 4.69) is 568 Å². The van der Waals surface area contributed by atoms with Crippen LogP contribution in [0.25, 0.3) is 21.5 Å². The molecule has 736 valence electrons. The van der Waals surface area contributed by atoms with Gasteiger partial charge in [-0.1, -0.05) is 368 Å². The molecule has 12 aromatic carbocycles. The average molecular weight is 2140 g/mol. The first-order valence-electron chi connectivity index (χ1n) is 51.9. The molecule has 18 rings (SSSR count).